The first-order valence-electron chi connectivity index (χ1n) is 5.70. The van der Waals surface area contributed by atoms with Crippen LogP contribution in [0.3, 0.4) is 0 Å². The molecule has 1 nitrogen and oxygen atoms in total. The minimum atomic E-state index is 0.593. The van der Waals surface area contributed by atoms with Crippen LogP contribution in [-0.2, 0) is 0 Å². The molecule has 0 bridgehead atoms. The average Bonchev–Trinajstić information content (AvgIpc) is 2.30. The van der Waals surface area contributed by atoms with E-state index in [1.807, 2.05) is 0 Å². The van der Waals surface area contributed by atoms with Gasteiger partial charge in [0.1, 0.15) is 0 Å². The van der Waals surface area contributed by atoms with Crippen LogP contribution in [-0.4, -0.2) is 6.54 Å². The van der Waals surface area contributed by atoms with Crippen LogP contribution < -0.4 is 5.32 Å². The maximum Gasteiger partial charge on any atom is 0.0348 e. The summed E-state index contributed by atoms with van der Waals surface area (Å²) in [5.41, 5.74) is 1.46. The van der Waals surface area contributed by atoms with Crippen LogP contribution in [0.25, 0.3) is 0 Å². The molecule has 0 unspecified atom stereocenters. The second-order valence-electron chi connectivity index (χ2n) is 4.15. The fourth-order valence-corrected chi connectivity index (χ4v) is 2.45. The predicted molar refractivity (Wildman–Crippen MR) is 60.2 cm³/mol. The Morgan fingerprint density at radius 1 is 1.29 bits per heavy atom. The first-order valence-corrected chi connectivity index (χ1v) is 5.70. The van der Waals surface area contributed by atoms with E-state index in [9.17, 15) is 0 Å². The highest BCUT2D eigenvalue weighted by atomic mass is 14.9. The first-order chi connectivity index (χ1) is 6.92. The van der Waals surface area contributed by atoms with Crippen LogP contribution in [0.5, 0.6) is 0 Å². The van der Waals surface area contributed by atoms with E-state index in [1.54, 1.807) is 0 Å². The maximum atomic E-state index is 3.64. The minimum Gasteiger partial charge on any atom is -0.310 e. The van der Waals surface area contributed by atoms with Gasteiger partial charge in [-0.15, -0.1) is 0 Å². The molecule has 1 aliphatic rings. The molecule has 1 N–H and O–H groups in total. The van der Waals surface area contributed by atoms with Crippen molar-refractivity contribution in [1.82, 2.24) is 5.32 Å². The Morgan fingerprint density at radius 2 is 2.07 bits per heavy atom. The number of rotatable bonds is 2. The monoisotopic (exact) mass is 189 g/mol. The lowest BCUT2D eigenvalue weighted by Crippen LogP contribution is -2.33. The lowest BCUT2D eigenvalue weighted by molar-refractivity contribution is 0.277. The van der Waals surface area contributed by atoms with Gasteiger partial charge in [-0.3, -0.25) is 0 Å². The van der Waals surface area contributed by atoms with Gasteiger partial charge in [0.05, 0.1) is 0 Å². The van der Waals surface area contributed by atoms with Crippen LogP contribution in [0, 0.1) is 5.92 Å². The van der Waals surface area contributed by atoms with Gasteiger partial charge in [0.2, 0.25) is 0 Å². The molecule has 0 aromatic heterocycles. The summed E-state index contributed by atoms with van der Waals surface area (Å²) in [6.45, 7) is 3.48. The highest BCUT2D eigenvalue weighted by molar-refractivity contribution is 5.20. The summed E-state index contributed by atoms with van der Waals surface area (Å²) in [7, 11) is 0. The molecule has 2 rings (SSSR count). The number of hydrogen-bond acceptors (Lipinski definition) is 1. The van der Waals surface area contributed by atoms with Gasteiger partial charge < -0.3 is 5.32 Å². The van der Waals surface area contributed by atoms with Gasteiger partial charge >= 0.3 is 0 Å². The molecule has 1 heterocycles. The third-order valence-corrected chi connectivity index (χ3v) is 3.27. The van der Waals surface area contributed by atoms with Crippen molar-refractivity contribution < 1.29 is 0 Å². The molecule has 1 heteroatoms. The van der Waals surface area contributed by atoms with Crippen molar-refractivity contribution in [2.24, 2.45) is 5.92 Å². The first kappa shape index (κ1) is 9.72. The van der Waals surface area contributed by atoms with Crippen molar-refractivity contribution >= 4 is 0 Å². The molecule has 2 atom stereocenters. The van der Waals surface area contributed by atoms with Crippen LogP contribution >= 0.6 is 0 Å². The quantitative estimate of drug-likeness (QED) is 0.753. The Balaban J connectivity index is 2.15. The Bertz CT molecular complexity index is 268. The predicted octanol–water partition coefficient (Wildman–Crippen LogP) is 3.14. The molecule has 1 aromatic rings. The lowest BCUT2D eigenvalue weighted by atomic mass is 9.85. The molecule has 0 radical (unpaired) electrons. The average molecular weight is 189 g/mol. The van der Waals surface area contributed by atoms with Crippen molar-refractivity contribution in [3.8, 4) is 0 Å². The zero-order chi connectivity index (χ0) is 9.80. The minimum absolute atomic E-state index is 0.593. The Hall–Kier alpha value is -0.820. The zero-order valence-electron chi connectivity index (χ0n) is 8.87. The van der Waals surface area contributed by atoms with Gasteiger partial charge in [0.25, 0.3) is 0 Å². The highest BCUT2D eigenvalue weighted by Crippen LogP contribution is 2.31. The Morgan fingerprint density at radius 3 is 2.79 bits per heavy atom. The lowest BCUT2D eigenvalue weighted by Gasteiger charge is -2.32. The van der Waals surface area contributed by atoms with Gasteiger partial charge in [-0.1, -0.05) is 43.7 Å². The molecule has 1 fully saturated rings. The van der Waals surface area contributed by atoms with E-state index in [-0.39, 0.29) is 0 Å². The van der Waals surface area contributed by atoms with Crippen LogP contribution in [0.1, 0.15) is 37.8 Å². The third-order valence-electron chi connectivity index (χ3n) is 3.27. The molecular weight excluding hydrogens is 170 g/mol. The third kappa shape index (κ3) is 1.98. The largest absolute Gasteiger partial charge is 0.310 e. The summed E-state index contributed by atoms with van der Waals surface area (Å²) in [5, 5.41) is 3.64. The molecule has 0 saturated carbocycles. The van der Waals surface area contributed by atoms with E-state index in [0.29, 0.717) is 6.04 Å². The van der Waals surface area contributed by atoms with Gasteiger partial charge in [0, 0.05) is 6.04 Å². The van der Waals surface area contributed by atoms with Gasteiger partial charge in [0.15, 0.2) is 0 Å². The fraction of sp³-hybridized carbons (Fsp3) is 0.538. The topological polar surface area (TPSA) is 12.0 Å². The van der Waals surface area contributed by atoms with Crippen molar-refractivity contribution in [2.45, 2.75) is 32.2 Å². The molecule has 14 heavy (non-hydrogen) atoms. The molecule has 1 aromatic carbocycles. The van der Waals surface area contributed by atoms with Crippen molar-refractivity contribution in [3.05, 3.63) is 35.9 Å². The number of nitrogens with one attached hydrogen (secondary N) is 1. The maximum absolute atomic E-state index is 3.64. The molecule has 1 aliphatic heterocycles. The SMILES string of the molecule is CC[C@@H]1CCCN[C@H]1c1ccccc1. The van der Waals surface area contributed by atoms with E-state index in [4.69, 9.17) is 0 Å². The molecule has 1 saturated heterocycles. The Labute approximate surface area is 86.5 Å². The van der Waals surface area contributed by atoms with Gasteiger partial charge in [-0.2, -0.15) is 0 Å². The molecular formula is C13H19N. The summed E-state index contributed by atoms with van der Waals surface area (Å²) >= 11 is 0. The second-order valence-corrected chi connectivity index (χ2v) is 4.15. The Kier molecular flexibility index (Phi) is 3.20. The summed E-state index contributed by atoms with van der Waals surface area (Å²) < 4.78 is 0. The molecule has 0 aliphatic carbocycles. The normalized spacial score (nSPS) is 27.5. The van der Waals surface area contributed by atoms with E-state index < -0.39 is 0 Å². The van der Waals surface area contributed by atoms with E-state index in [2.05, 4.69) is 42.6 Å². The summed E-state index contributed by atoms with van der Waals surface area (Å²) in [4.78, 5) is 0. The van der Waals surface area contributed by atoms with Crippen LogP contribution in [0.15, 0.2) is 30.3 Å². The van der Waals surface area contributed by atoms with E-state index >= 15 is 0 Å². The van der Waals surface area contributed by atoms with E-state index in [1.165, 1.54) is 31.4 Å². The fourth-order valence-electron chi connectivity index (χ4n) is 2.45. The van der Waals surface area contributed by atoms with Gasteiger partial charge in [-0.05, 0) is 30.9 Å². The van der Waals surface area contributed by atoms with Crippen molar-refractivity contribution in [2.75, 3.05) is 6.54 Å². The smallest absolute Gasteiger partial charge is 0.0348 e. The summed E-state index contributed by atoms with van der Waals surface area (Å²) in [6, 6.07) is 11.4. The summed E-state index contributed by atoms with van der Waals surface area (Å²) in [5.74, 6) is 0.825. The molecule has 0 spiro atoms. The number of hydrogen-bond donors (Lipinski definition) is 1. The van der Waals surface area contributed by atoms with Crippen LogP contribution in [0.4, 0.5) is 0 Å². The second kappa shape index (κ2) is 4.61. The highest BCUT2D eigenvalue weighted by Gasteiger charge is 2.23. The molecule has 76 valence electrons. The molecule has 0 amide bonds. The summed E-state index contributed by atoms with van der Waals surface area (Å²) in [6.07, 6.45) is 4.00. The van der Waals surface area contributed by atoms with Crippen LogP contribution in [0.2, 0.25) is 0 Å². The van der Waals surface area contributed by atoms with E-state index in [0.717, 1.165) is 5.92 Å². The van der Waals surface area contributed by atoms with Gasteiger partial charge in [-0.25, -0.2) is 0 Å². The number of piperidine rings is 1. The zero-order valence-corrected chi connectivity index (χ0v) is 8.87. The van der Waals surface area contributed by atoms with Crippen molar-refractivity contribution in [3.63, 3.8) is 0 Å². The number of benzene rings is 1. The van der Waals surface area contributed by atoms with Crippen molar-refractivity contribution in [1.29, 1.82) is 0 Å². The standard InChI is InChI=1S/C13H19N/c1-2-11-9-6-10-14-13(11)12-7-4-3-5-8-12/h3-5,7-8,11,13-14H,2,6,9-10H2,1H3/t11-,13-/m1/s1.